The fourth-order valence-electron chi connectivity index (χ4n) is 21.8. The Bertz CT molecular complexity index is 5340. The second-order valence-corrected chi connectivity index (χ2v) is 37.0. The van der Waals surface area contributed by atoms with Gasteiger partial charge in [0.15, 0.2) is 24.8 Å². The monoisotopic (exact) mass is 1580 g/mol. The van der Waals surface area contributed by atoms with E-state index in [1.165, 1.54) is 261 Å². The van der Waals surface area contributed by atoms with Crippen molar-refractivity contribution in [2.75, 3.05) is 0 Å². The zero-order valence-electron chi connectivity index (χ0n) is 75.7. The molecule has 8 aromatic carbocycles. The second-order valence-electron chi connectivity index (χ2n) is 37.0. The number of benzene rings is 8. The van der Waals surface area contributed by atoms with E-state index in [1.807, 2.05) is 12.1 Å². The van der Waals surface area contributed by atoms with Gasteiger partial charge in [-0.3, -0.25) is 0 Å². The molecule has 4 aromatic heterocycles. The first-order chi connectivity index (χ1) is 59.0. The smallest absolute Gasteiger partial charge is 0.201 e. The molecule has 0 saturated heterocycles. The van der Waals surface area contributed by atoms with Gasteiger partial charge in [0.1, 0.15) is 28.2 Å². The summed E-state index contributed by atoms with van der Waals surface area (Å²) in [5, 5.41) is 0. The third kappa shape index (κ3) is 21.4. The van der Waals surface area contributed by atoms with Gasteiger partial charge >= 0.3 is 0 Å². The van der Waals surface area contributed by atoms with Crippen LogP contribution in [0.25, 0.3) is 89.5 Å². The zero-order valence-corrected chi connectivity index (χ0v) is 73.7. The normalized spacial score (nSPS) is 19.8. The largest absolute Gasteiger partial charge is 0.213 e. The van der Waals surface area contributed by atoms with Crippen molar-refractivity contribution in [3.63, 3.8) is 0 Å². The Hall–Kier alpha value is -9.64. The molecule has 4 nitrogen and oxygen atoms in total. The van der Waals surface area contributed by atoms with Crippen molar-refractivity contribution in [1.29, 1.82) is 0 Å². The number of rotatable bonds is 20. The van der Waals surface area contributed by atoms with Gasteiger partial charge in [0.05, 0.1) is 0 Å². The molecular weight excluding hydrogens is 1440 g/mol. The Labute approximate surface area is 720 Å². The van der Waals surface area contributed by atoms with Crippen LogP contribution in [-0.2, 0) is 34.6 Å². The van der Waals surface area contributed by atoms with E-state index in [9.17, 15) is 0 Å². The molecular formula is C115H138N4+4. The van der Waals surface area contributed by atoms with Crippen LogP contribution in [0.5, 0.6) is 0 Å². The highest BCUT2D eigenvalue weighted by molar-refractivity contribution is 5.74. The van der Waals surface area contributed by atoms with Crippen LogP contribution in [0.3, 0.4) is 0 Å². The summed E-state index contributed by atoms with van der Waals surface area (Å²) in [5.41, 5.74) is 30.9. The predicted octanol–water partition coefficient (Wildman–Crippen LogP) is 29.1. The third-order valence-corrected chi connectivity index (χ3v) is 29.2. The molecule has 0 N–H and O–H groups in total. The zero-order chi connectivity index (χ0) is 83.8. The van der Waals surface area contributed by atoms with Crippen molar-refractivity contribution in [3.05, 3.63) is 312 Å². The average Bonchev–Trinajstić information content (AvgIpc) is 1.81. The van der Waals surface area contributed by atoms with Gasteiger partial charge in [0.25, 0.3) is 0 Å². The molecule has 614 valence electrons. The topological polar surface area (TPSA) is 15.5 Å². The molecule has 0 aliphatic heterocycles. The summed E-state index contributed by atoms with van der Waals surface area (Å²) in [4.78, 5) is 0. The minimum atomic E-state index is -1.26. The van der Waals surface area contributed by atoms with E-state index in [0.717, 1.165) is 82.8 Å². The van der Waals surface area contributed by atoms with Gasteiger partial charge in [-0.25, -0.2) is 18.3 Å². The highest BCUT2D eigenvalue weighted by Gasteiger charge is 2.35. The van der Waals surface area contributed by atoms with Crippen LogP contribution < -0.4 is 18.3 Å². The lowest BCUT2D eigenvalue weighted by molar-refractivity contribution is -0.660. The van der Waals surface area contributed by atoms with Gasteiger partial charge in [0, 0.05) is 73.5 Å². The van der Waals surface area contributed by atoms with Crippen molar-refractivity contribution >= 4 is 0 Å². The maximum Gasteiger partial charge on any atom is 0.213 e. The predicted molar refractivity (Wildman–Crippen MR) is 501 cm³/mol. The Balaban J connectivity index is 0.000000126. The molecule has 6 aliphatic carbocycles. The van der Waals surface area contributed by atoms with Gasteiger partial charge in [0.2, 0.25) is 22.8 Å². The molecule has 0 amide bonds. The fraction of sp³-hybridized carbons (Fsp3) is 0.409. The fourth-order valence-corrected chi connectivity index (χ4v) is 21.8. The molecule has 18 rings (SSSR count). The SMILES string of the molecule is Cc1ccccc1-c1cc(-c2ccc(C3CCC(C4CCCC4)C3)cc2)cc[n+]1C.Cc1ccccc1-c1cc(-c2ccc(C3CCC(C4CCCC4)CC3)cc2)cc[n+]1C.Cc1ccccc1-c1cc(-c2ccc(C3CCC(C4CCCCC4)C3)cc2)cc[n+]1C.[2H]C([2H])(CCCCCC)c1ccc(-c2cc[n+](C)c(-c3ccccc3C)c2)cc1. The van der Waals surface area contributed by atoms with Crippen LogP contribution in [-0.4, -0.2) is 0 Å². The minimum absolute atomic E-state index is 0.588. The van der Waals surface area contributed by atoms with E-state index in [0.29, 0.717) is 6.42 Å². The molecule has 6 saturated carbocycles. The van der Waals surface area contributed by atoms with Gasteiger partial charge in [-0.15, -0.1) is 0 Å². The summed E-state index contributed by atoms with van der Waals surface area (Å²) in [6.45, 7) is 10.9. The maximum atomic E-state index is 8.44. The second kappa shape index (κ2) is 41.1. The third-order valence-electron chi connectivity index (χ3n) is 29.2. The molecule has 0 bridgehead atoms. The van der Waals surface area contributed by atoms with Crippen molar-refractivity contribution < 1.29 is 21.0 Å². The van der Waals surface area contributed by atoms with Gasteiger partial charge in [-0.1, -0.05) is 286 Å². The van der Waals surface area contributed by atoms with Gasteiger partial charge in [-0.2, -0.15) is 0 Å². The molecule has 6 fully saturated rings. The number of hydrogen-bond donors (Lipinski definition) is 0. The lowest BCUT2D eigenvalue weighted by atomic mass is 9.73. The molecule has 6 aliphatic rings. The summed E-state index contributed by atoms with van der Waals surface area (Å²) in [6, 6.07) is 89.0. The molecule has 0 spiro atoms. The van der Waals surface area contributed by atoms with E-state index >= 15 is 0 Å². The van der Waals surface area contributed by atoms with Crippen LogP contribution >= 0.6 is 0 Å². The minimum Gasteiger partial charge on any atom is -0.201 e. The number of aromatic nitrogens is 4. The van der Waals surface area contributed by atoms with Crippen molar-refractivity contribution in [1.82, 2.24) is 0 Å². The average molecular weight is 1580 g/mol. The van der Waals surface area contributed by atoms with Crippen LogP contribution in [0.15, 0.2) is 267 Å². The molecule has 4 unspecified atom stereocenters. The Kier molecular flexibility index (Phi) is 28.2. The molecule has 4 atom stereocenters. The van der Waals surface area contributed by atoms with Gasteiger partial charge in [-0.05, 0) is 271 Å². The maximum absolute atomic E-state index is 8.44. The highest BCUT2D eigenvalue weighted by atomic mass is 14.9. The van der Waals surface area contributed by atoms with Gasteiger partial charge < -0.3 is 0 Å². The number of pyridine rings is 4. The number of hydrogen-bond acceptors (Lipinski definition) is 0. The van der Waals surface area contributed by atoms with E-state index in [-0.39, 0.29) is 0 Å². The van der Waals surface area contributed by atoms with E-state index in [1.54, 1.807) is 16.7 Å². The van der Waals surface area contributed by atoms with Crippen LogP contribution in [0.4, 0.5) is 0 Å². The lowest BCUT2D eigenvalue weighted by Gasteiger charge is -2.32. The molecule has 4 heteroatoms. The molecule has 4 heterocycles. The number of aryl methyl sites for hydroxylation is 9. The Morgan fingerprint density at radius 1 is 0.261 bits per heavy atom. The first kappa shape index (κ1) is 81.7. The van der Waals surface area contributed by atoms with Crippen molar-refractivity contribution in [2.24, 2.45) is 63.7 Å². The van der Waals surface area contributed by atoms with E-state index in [2.05, 4.69) is 336 Å². The standard InChI is InChI=1S/2C30H36N.C29H34N.C26H32N/c1-22-7-3-6-10-29(22)30-21-28(19-20-31(30)2)27-17-15-26(16-18-27)25-13-11-24(12-14-25)23-8-4-5-9-23;1-22-8-6-7-11-29(22)30-21-28(18-19-31(30)2)25-14-12-24(13-15-25)27-17-16-26(20-27)23-9-4-3-5-10-23;1-21-7-3-6-10-28(21)29-20-27(17-18-30(29)2)24-13-11-23(12-14-24)26-16-15-25(19-26)22-8-4-5-9-22;1-4-5-6-7-8-12-22-14-16-23(17-15-22)24-18-19-27(3)26(20-24)25-13-10-9-11-21(25)2/h3,6-7,10,15-21,23-25H,4-5,8-9,11-14H2,1-2H3;6-8,11-15,18-19,21,23,26-27H,3-5,9-10,16-17,20H2,1-2H3;3,6-7,10-14,17-18,20,22,25-26H,4-5,8-9,15-16,19H2,1-2H3;9-11,13-20H,4-8,12H2,1-3H3/q4*+1/i;;;12D2. The first-order valence-electron chi connectivity index (χ1n) is 47.6. The first-order valence-corrected chi connectivity index (χ1v) is 46.6. The lowest BCUT2D eigenvalue weighted by Crippen LogP contribution is -2.30. The number of nitrogens with zero attached hydrogens (tertiary/aromatic N) is 4. The Morgan fingerprint density at radius 2 is 0.529 bits per heavy atom. The van der Waals surface area contributed by atoms with Crippen LogP contribution in [0.2, 0.25) is 0 Å². The molecule has 12 aromatic rings. The van der Waals surface area contributed by atoms with E-state index < -0.39 is 6.37 Å². The van der Waals surface area contributed by atoms with E-state index in [4.69, 9.17) is 2.74 Å². The summed E-state index contributed by atoms with van der Waals surface area (Å²) >= 11 is 0. The van der Waals surface area contributed by atoms with Crippen LogP contribution in [0, 0.1) is 63.2 Å². The quantitative estimate of drug-likeness (QED) is 0.0534. The summed E-state index contributed by atoms with van der Waals surface area (Å²) < 4.78 is 25.7. The van der Waals surface area contributed by atoms with Crippen LogP contribution in [0.1, 0.15) is 252 Å². The summed E-state index contributed by atoms with van der Waals surface area (Å²) in [6.07, 6.45) is 45.9. The van der Waals surface area contributed by atoms with Crippen molar-refractivity contribution in [3.8, 4) is 89.5 Å². The highest BCUT2D eigenvalue weighted by Crippen LogP contribution is 2.49. The molecule has 119 heavy (non-hydrogen) atoms. The summed E-state index contributed by atoms with van der Waals surface area (Å²) in [7, 11) is 8.48. The summed E-state index contributed by atoms with van der Waals surface area (Å²) in [5.74, 6) is 8.40. The number of unbranched alkanes of at least 4 members (excludes halogenated alkanes) is 3. The van der Waals surface area contributed by atoms with Crippen molar-refractivity contribution in [2.45, 2.75) is 239 Å². The molecule has 0 radical (unpaired) electrons. The Morgan fingerprint density at radius 3 is 0.857 bits per heavy atom.